The van der Waals surface area contributed by atoms with Gasteiger partial charge in [0, 0.05) is 24.2 Å². The predicted molar refractivity (Wildman–Crippen MR) is 110 cm³/mol. The fourth-order valence-corrected chi connectivity index (χ4v) is 4.01. The van der Waals surface area contributed by atoms with Crippen LogP contribution in [0, 0.1) is 0 Å². The van der Waals surface area contributed by atoms with Crippen molar-refractivity contribution >= 4 is 16.9 Å². The summed E-state index contributed by atoms with van der Waals surface area (Å²) in [6.45, 7) is 4.34. The van der Waals surface area contributed by atoms with Gasteiger partial charge in [0.2, 0.25) is 0 Å². The highest BCUT2D eigenvalue weighted by molar-refractivity contribution is 5.87. The van der Waals surface area contributed by atoms with Gasteiger partial charge >= 0.3 is 12.1 Å². The van der Waals surface area contributed by atoms with Gasteiger partial charge in [0.05, 0.1) is 19.2 Å². The number of rotatable bonds is 6. The summed E-state index contributed by atoms with van der Waals surface area (Å²) >= 11 is 0. The van der Waals surface area contributed by atoms with Gasteiger partial charge in [-0.2, -0.15) is 13.2 Å². The molecule has 6 nitrogen and oxygen atoms in total. The van der Waals surface area contributed by atoms with Crippen LogP contribution in [0.4, 0.5) is 13.2 Å². The van der Waals surface area contributed by atoms with Gasteiger partial charge in [-0.3, -0.25) is 4.98 Å². The first-order valence-corrected chi connectivity index (χ1v) is 10.4. The standard InChI is InChI=1S/C20H26N2O2.C2HF3O2/c1-23-19-12-17-16-7-4-6-15(16)14-21-18(17)13-20(19)24-11-5-10-22-8-2-3-9-22;3-2(4,5)1(6)7/h12-14H,2-11H2,1H3;(H,6,7). The largest absolute Gasteiger partial charge is 0.493 e. The molecule has 0 atom stereocenters. The molecule has 0 spiro atoms. The van der Waals surface area contributed by atoms with Crippen LogP contribution in [0.1, 0.15) is 36.8 Å². The van der Waals surface area contributed by atoms with Crippen molar-refractivity contribution in [1.29, 1.82) is 0 Å². The number of alkyl halides is 3. The quantitative estimate of drug-likeness (QED) is 0.678. The number of carboxylic acids is 1. The van der Waals surface area contributed by atoms with Crippen molar-refractivity contribution in [2.45, 2.75) is 44.7 Å². The Hall–Kier alpha value is -2.55. The molecular weight excluding hydrogens is 413 g/mol. The monoisotopic (exact) mass is 440 g/mol. The van der Waals surface area contributed by atoms with Crippen LogP contribution in [-0.2, 0) is 17.6 Å². The van der Waals surface area contributed by atoms with Gasteiger partial charge in [-0.1, -0.05) is 0 Å². The van der Waals surface area contributed by atoms with Crippen LogP contribution >= 0.6 is 0 Å². The molecule has 1 aromatic heterocycles. The Bertz CT molecular complexity index is 912. The summed E-state index contributed by atoms with van der Waals surface area (Å²) in [6.07, 6.45) is 4.22. The molecule has 2 heterocycles. The van der Waals surface area contributed by atoms with E-state index < -0.39 is 12.1 Å². The van der Waals surface area contributed by atoms with Crippen LogP contribution in [0.3, 0.4) is 0 Å². The van der Waals surface area contributed by atoms with Crippen LogP contribution in [0.2, 0.25) is 0 Å². The predicted octanol–water partition coefficient (Wildman–Crippen LogP) is 4.23. The lowest BCUT2D eigenvalue weighted by Crippen LogP contribution is -2.21. The number of hydrogen-bond donors (Lipinski definition) is 1. The van der Waals surface area contributed by atoms with E-state index in [1.807, 2.05) is 12.3 Å². The number of halogens is 3. The number of carbonyl (C=O) groups is 1. The molecule has 2 aromatic rings. The molecule has 9 heteroatoms. The van der Waals surface area contributed by atoms with Crippen LogP contribution in [-0.4, -0.2) is 60.5 Å². The smallest absolute Gasteiger partial charge is 0.490 e. The number of methoxy groups -OCH3 is 1. The number of aliphatic carboxylic acids is 1. The molecule has 31 heavy (non-hydrogen) atoms. The van der Waals surface area contributed by atoms with E-state index in [2.05, 4.69) is 16.0 Å². The summed E-state index contributed by atoms with van der Waals surface area (Å²) in [5.74, 6) is -1.12. The van der Waals surface area contributed by atoms with Gasteiger partial charge in [-0.25, -0.2) is 4.79 Å². The first-order valence-electron chi connectivity index (χ1n) is 10.4. The van der Waals surface area contributed by atoms with E-state index in [1.54, 1.807) is 7.11 Å². The van der Waals surface area contributed by atoms with Gasteiger partial charge in [-0.05, 0) is 68.8 Å². The SMILES string of the molecule is COc1cc2c3c(cnc2cc1OCCCN1CCCC1)CCC3.O=C(O)C(F)(F)F. The van der Waals surface area contributed by atoms with Crippen molar-refractivity contribution in [1.82, 2.24) is 9.88 Å². The van der Waals surface area contributed by atoms with Gasteiger partial charge in [0.15, 0.2) is 11.5 Å². The average molecular weight is 440 g/mol. The molecule has 0 bridgehead atoms. The fraction of sp³-hybridized carbons (Fsp3) is 0.545. The number of aryl methyl sites for hydroxylation is 2. The van der Waals surface area contributed by atoms with E-state index in [0.29, 0.717) is 0 Å². The van der Waals surface area contributed by atoms with E-state index in [-0.39, 0.29) is 0 Å². The van der Waals surface area contributed by atoms with Crippen LogP contribution in [0.15, 0.2) is 18.3 Å². The highest BCUT2D eigenvalue weighted by Gasteiger charge is 2.38. The summed E-state index contributed by atoms with van der Waals surface area (Å²) in [4.78, 5) is 16.1. The summed E-state index contributed by atoms with van der Waals surface area (Å²) < 4.78 is 43.3. The highest BCUT2D eigenvalue weighted by atomic mass is 19.4. The van der Waals surface area contributed by atoms with Gasteiger partial charge in [0.1, 0.15) is 0 Å². The lowest BCUT2D eigenvalue weighted by atomic mass is 10.1. The Labute approximate surface area is 179 Å². The van der Waals surface area contributed by atoms with Crippen molar-refractivity contribution in [3.05, 3.63) is 29.5 Å². The molecule has 2 aliphatic rings. The number of ether oxygens (including phenoxy) is 2. The molecule has 170 valence electrons. The molecule has 1 saturated heterocycles. The summed E-state index contributed by atoms with van der Waals surface area (Å²) in [6, 6.07) is 4.16. The van der Waals surface area contributed by atoms with Gasteiger partial charge in [0.25, 0.3) is 0 Å². The topological polar surface area (TPSA) is 71.9 Å². The van der Waals surface area contributed by atoms with Crippen molar-refractivity contribution in [3.8, 4) is 11.5 Å². The molecule has 0 saturated carbocycles. The summed E-state index contributed by atoms with van der Waals surface area (Å²) in [7, 11) is 1.72. The lowest BCUT2D eigenvalue weighted by molar-refractivity contribution is -0.192. The third-order valence-electron chi connectivity index (χ3n) is 5.54. The fourth-order valence-electron chi connectivity index (χ4n) is 4.01. The first kappa shape index (κ1) is 23.1. The number of pyridine rings is 1. The van der Waals surface area contributed by atoms with Crippen molar-refractivity contribution < 1.29 is 32.5 Å². The minimum Gasteiger partial charge on any atom is -0.493 e. The second kappa shape index (κ2) is 10.2. The Morgan fingerprint density at radius 3 is 2.52 bits per heavy atom. The molecule has 1 fully saturated rings. The summed E-state index contributed by atoms with van der Waals surface area (Å²) in [5.41, 5.74) is 3.86. The zero-order valence-corrected chi connectivity index (χ0v) is 17.5. The minimum absolute atomic E-state index is 0.726. The number of likely N-dealkylation sites (tertiary alicyclic amines) is 1. The summed E-state index contributed by atoms with van der Waals surface area (Å²) in [5, 5.41) is 8.35. The Morgan fingerprint density at radius 1 is 1.16 bits per heavy atom. The third-order valence-corrected chi connectivity index (χ3v) is 5.54. The van der Waals surface area contributed by atoms with Gasteiger partial charge in [-0.15, -0.1) is 0 Å². The van der Waals surface area contributed by atoms with Crippen LogP contribution < -0.4 is 9.47 Å². The molecule has 1 N–H and O–H groups in total. The minimum atomic E-state index is -5.08. The number of fused-ring (bicyclic) bond motifs is 3. The average Bonchev–Trinajstić information content (AvgIpc) is 3.42. The maximum Gasteiger partial charge on any atom is 0.490 e. The molecule has 0 amide bonds. The molecule has 1 aliphatic heterocycles. The number of carboxylic acid groups (broad SMARTS) is 1. The van der Waals surface area contributed by atoms with Crippen molar-refractivity contribution in [2.24, 2.45) is 0 Å². The second-order valence-corrected chi connectivity index (χ2v) is 7.69. The highest BCUT2D eigenvalue weighted by Crippen LogP contribution is 2.36. The van der Waals surface area contributed by atoms with E-state index >= 15 is 0 Å². The van der Waals surface area contributed by atoms with E-state index in [1.165, 1.54) is 48.9 Å². The second-order valence-electron chi connectivity index (χ2n) is 7.69. The number of nitrogens with zero attached hydrogens (tertiary/aromatic N) is 2. The van der Waals surface area contributed by atoms with Crippen molar-refractivity contribution in [3.63, 3.8) is 0 Å². The third kappa shape index (κ3) is 6.00. The zero-order chi connectivity index (χ0) is 22.4. The molecular formula is C22H27F3N2O4. The van der Waals surface area contributed by atoms with E-state index in [4.69, 9.17) is 19.4 Å². The zero-order valence-electron chi connectivity index (χ0n) is 17.5. The molecule has 4 rings (SSSR count). The lowest BCUT2D eigenvalue weighted by Gasteiger charge is -2.16. The Morgan fingerprint density at radius 2 is 1.87 bits per heavy atom. The van der Waals surface area contributed by atoms with Crippen LogP contribution in [0.5, 0.6) is 11.5 Å². The van der Waals surface area contributed by atoms with E-state index in [0.717, 1.165) is 49.4 Å². The van der Waals surface area contributed by atoms with Gasteiger partial charge < -0.3 is 19.5 Å². The maximum absolute atomic E-state index is 10.6. The Balaban J connectivity index is 0.000000339. The van der Waals surface area contributed by atoms with E-state index in [9.17, 15) is 13.2 Å². The first-order chi connectivity index (χ1) is 14.8. The number of benzene rings is 1. The molecule has 1 aliphatic carbocycles. The maximum atomic E-state index is 10.6. The molecule has 0 radical (unpaired) electrons. The Kier molecular flexibility index (Phi) is 7.59. The van der Waals surface area contributed by atoms with Crippen LogP contribution in [0.25, 0.3) is 10.9 Å². The van der Waals surface area contributed by atoms with Crippen molar-refractivity contribution in [2.75, 3.05) is 33.4 Å². The molecule has 1 aromatic carbocycles. The number of aromatic nitrogens is 1. The number of hydrogen-bond acceptors (Lipinski definition) is 5. The normalized spacial score (nSPS) is 16.0. The molecule has 0 unspecified atom stereocenters.